The summed E-state index contributed by atoms with van der Waals surface area (Å²) in [5.74, 6) is 2.06. The van der Waals surface area contributed by atoms with Gasteiger partial charge in [-0.3, -0.25) is 29.6 Å². The SMILES string of the molecule is Cc1cccc(C)c1-n1cnc(-c2[c-]c(N(c3[c-]c(-c4cn(-c5c(C)cc(-c6ccccc6)cc5C)cn4)ccc3)c3ccccc3)ccc2)c1.Cc1cccc(C)c1-n1cnc(-c2[c-]c(N(c3[c-]c(-n4cccn4)ccc3)c3ccccc3)ccc2)c1.Cc1cccc(C)c1-n1cnc(-c2[c-]c(Oc3[c-]c(-c4nccn4C)ccc3)ccc2)c1.[Pt+2].[Pt+2].[Pt+2]. The van der Waals surface area contributed by atoms with Crippen LogP contribution < -0.4 is 14.5 Å². The minimum absolute atomic E-state index is 0. The molecule has 123 heavy (non-hydrogen) atoms. The first-order valence-corrected chi connectivity index (χ1v) is 39.7. The standard InChI is InChI=1S/C46H37N5.C32H25N5.C27H22N4O.3Pt/c1-32-14-11-15-33(2)45(32)49-28-43(47-30-49)37-18-12-22-41(26-37)51(40-20-9-6-10-21-40)42-23-13-19-38(27-42)44-29-50(31-48-44)46-34(3)24-39(25-35(46)4)36-16-7-5-8-17-36;1-24-10-6-11-25(2)32(24)35-22-31(33-23-35)26-12-7-16-29(20-26)37(27-13-4-3-5-14-27)30-17-8-15-28(21-30)36-19-9-18-34-36;1-19-7-4-8-20(2)26(19)31-17-25(29-18-31)21-9-5-11-23(15-21)32-24-12-6-10-22(16-24)27-28-13-14-30(27)3;;;/h5-25,28-31H,1-4H3;3-19,22-23H,1-2H3;4-14,17-18H,1-3H3;;;/q3*-2;3*+2. The van der Waals surface area contributed by atoms with Gasteiger partial charge in [-0.2, -0.15) is 11.2 Å². The summed E-state index contributed by atoms with van der Waals surface area (Å²) in [5.41, 5.74) is 31.1. The summed E-state index contributed by atoms with van der Waals surface area (Å²) >= 11 is 0. The van der Waals surface area contributed by atoms with Crippen molar-refractivity contribution in [1.82, 2.24) is 57.5 Å². The second-order valence-electron chi connectivity index (χ2n) is 29.6. The molecule has 0 atom stereocenters. The molecule has 0 N–H and O–H groups in total. The number of nitrogens with zero attached hydrogens (tertiary/aromatic N) is 14. The van der Waals surface area contributed by atoms with Crippen LogP contribution >= 0.6 is 0 Å². The number of aryl methyl sites for hydroxylation is 9. The number of imidazole rings is 5. The molecule has 0 saturated heterocycles. The van der Waals surface area contributed by atoms with Crippen LogP contribution in [0.1, 0.15) is 44.5 Å². The molecular formula is C105H84N14OPt3. The Morgan fingerprint density at radius 3 is 1.02 bits per heavy atom. The first-order valence-electron chi connectivity index (χ1n) is 39.7. The van der Waals surface area contributed by atoms with Crippen molar-refractivity contribution in [2.75, 3.05) is 9.80 Å². The molecule has 0 unspecified atom stereocenters. The summed E-state index contributed by atoms with van der Waals surface area (Å²) < 4.78 is 18.2. The van der Waals surface area contributed by atoms with Gasteiger partial charge in [-0.25, -0.2) is 0 Å². The number of hydrogen-bond acceptors (Lipinski definition) is 9. The summed E-state index contributed by atoms with van der Waals surface area (Å²) in [4.78, 5) is 27.7. The molecule has 610 valence electrons. The predicted octanol–water partition coefficient (Wildman–Crippen LogP) is 24.7. The second-order valence-corrected chi connectivity index (χ2v) is 29.6. The number of hydrogen-bond donors (Lipinski definition) is 0. The van der Waals surface area contributed by atoms with Crippen molar-refractivity contribution in [2.45, 2.75) is 55.4 Å². The molecule has 0 amide bonds. The third kappa shape index (κ3) is 19.2. The maximum atomic E-state index is 6.07. The Kier molecular flexibility index (Phi) is 27.2. The van der Waals surface area contributed by atoms with Gasteiger partial charge in [-0.15, -0.1) is 155 Å². The van der Waals surface area contributed by atoms with Crippen LogP contribution in [0.25, 0.3) is 96.0 Å². The molecule has 13 aromatic carbocycles. The molecule has 0 fully saturated rings. The summed E-state index contributed by atoms with van der Waals surface area (Å²) in [5, 5.41) is 4.37. The number of para-hydroxylation sites is 5. The average Bonchev–Trinajstić information content (AvgIpc) is 1.59. The van der Waals surface area contributed by atoms with E-state index in [0.717, 1.165) is 119 Å². The molecule has 0 aliphatic rings. The maximum Gasteiger partial charge on any atom is 2.00 e. The quantitative estimate of drug-likeness (QED) is 0.0728. The molecule has 0 radical (unpaired) electrons. The normalized spacial score (nSPS) is 10.8. The molecule has 0 aliphatic heterocycles. The summed E-state index contributed by atoms with van der Waals surface area (Å²) in [7, 11) is 1.96. The van der Waals surface area contributed by atoms with Gasteiger partial charge in [-0.05, 0) is 201 Å². The number of anilines is 6. The fourth-order valence-corrected chi connectivity index (χ4v) is 15.5. The Balaban J connectivity index is 0.000000153. The summed E-state index contributed by atoms with van der Waals surface area (Å²) in [6.07, 6.45) is 23.1. The van der Waals surface area contributed by atoms with E-state index in [-0.39, 0.29) is 63.2 Å². The van der Waals surface area contributed by atoms with Crippen molar-refractivity contribution in [3.8, 4) is 107 Å². The molecule has 0 saturated carbocycles. The minimum atomic E-state index is 0. The van der Waals surface area contributed by atoms with E-state index in [4.69, 9.17) is 19.7 Å². The fraction of sp³-hybridized carbons (Fsp3) is 0.0857. The van der Waals surface area contributed by atoms with Crippen LogP contribution in [-0.4, -0.2) is 57.5 Å². The Bertz CT molecular complexity index is 6720. The molecule has 19 rings (SSSR count). The molecular weight excluding hydrogens is 2060 g/mol. The Hall–Kier alpha value is -13.4. The van der Waals surface area contributed by atoms with Crippen LogP contribution in [0.2, 0.25) is 0 Å². The number of aromatic nitrogens is 12. The third-order valence-corrected chi connectivity index (χ3v) is 21.0. The van der Waals surface area contributed by atoms with Crippen molar-refractivity contribution in [1.29, 1.82) is 0 Å². The smallest absolute Gasteiger partial charge is 0.497 e. The average molecular weight is 2140 g/mol. The van der Waals surface area contributed by atoms with Crippen LogP contribution in [0.3, 0.4) is 0 Å². The van der Waals surface area contributed by atoms with Gasteiger partial charge in [-0.1, -0.05) is 139 Å². The van der Waals surface area contributed by atoms with Crippen LogP contribution in [-0.2, 0) is 70.2 Å². The zero-order valence-corrected chi connectivity index (χ0v) is 75.8. The zero-order chi connectivity index (χ0) is 82.2. The van der Waals surface area contributed by atoms with E-state index < -0.39 is 0 Å². The van der Waals surface area contributed by atoms with Crippen molar-refractivity contribution in [2.24, 2.45) is 7.05 Å². The Morgan fingerprint density at radius 1 is 0.293 bits per heavy atom. The van der Waals surface area contributed by atoms with E-state index >= 15 is 0 Å². The summed E-state index contributed by atoms with van der Waals surface area (Å²) in [6.45, 7) is 17.1. The van der Waals surface area contributed by atoms with Crippen LogP contribution in [0, 0.1) is 91.8 Å². The van der Waals surface area contributed by atoms with Crippen molar-refractivity contribution >= 4 is 34.1 Å². The molecule has 0 aliphatic carbocycles. The molecule has 18 heteroatoms. The Morgan fingerprint density at radius 2 is 0.634 bits per heavy atom. The molecule has 0 bridgehead atoms. The number of benzene rings is 13. The molecule has 0 spiro atoms. The van der Waals surface area contributed by atoms with Gasteiger partial charge < -0.3 is 37.4 Å². The molecule has 6 aromatic heterocycles. The van der Waals surface area contributed by atoms with Gasteiger partial charge in [0, 0.05) is 77.5 Å². The molecule has 6 heterocycles. The van der Waals surface area contributed by atoms with Crippen LogP contribution in [0.15, 0.2) is 348 Å². The number of rotatable bonds is 19. The molecule has 19 aromatic rings. The van der Waals surface area contributed by atoms with Gasteiger partial charge in [0.05, 0.1) is 53.9 Å². The van der Waals surface area contributed by atoms with E-state index in [1.807, 2.05) is 151 Å². The number of ether oxygens (including phenoxy) is 1. The second kappa shape index (κ2) is 39.0. The van der Waals surface area contributed by atoms with Gasteiger partial charge >= 0.3 is 63.2 Å². The first-order chi connectivity index (χ1) is 58.7. The van der Waals surface area contributed by atoms with Crippen molar-refractivity contribution in [3.63, 3.8) is 0 Å². The minimum Gasteiger partial charge on any atom is -0.497 e. The maximum absolute atomic E-state index is 6.07. The van der Waals surface area contributed by atoms with Crippen molar-refractivity contribution in [3.05, 3.63) is 429 Å². The third-order valence-electron chi connectivity index (χ3n) is 21.0. The van der Waals surface area contributed by atoms with E-state index in [1.54, 1.807) is 12.4 Å². The van der Waals surface area contributed by atoms with E-state index in [1.165, 1.54) is 55.6 Å². The largest absolute Gasteiger partial charge is 2.00 e. The van der Waals surface area contributed by atoms with Crippen molar-refractivity contribution < 1.29 is 67.9 Å². The molecule has 15 nitrogen and oxygen atoms in total. The van der Waals surface area contributed by atoms with E-state index in [2.05, 4.69) is 336 Å². The van der Waals surface area contributed by atoms with Gasteiger partial charge in [0.1, 0.15) is 0 Å². The fourth-order valence-electron chi connectivity index (χ4n) is 15.5. The summed E-state index contributed by atoms with van der Waals surface area (Å²) in [6, 6.07) is 114. The van der Waals surface area contributed by atoms with E-state index in [0.29, 0.717) is 11.5 Å². The first kappa shape index (κ1) is 86.0. The van der Waals surface area contributed by atoms with Crippen LogP contribution in [0.4, 0.5) is 34.1 Å². The monoisotopic (exact) mass is 2140 g/mol. The van der Waals surface area contributed by atoms with Gasteiger partial charge in [0.2, 0.25) is 0 Å². The van der Waals surface area contributed by atoms with Crippen LogP contribution in [0.5, 0.6) is 11.5 Å². The Labute approximate surface area is 761 Å². The topological polar surface area (TPSA) is 123 Å². The predicted molar refractivity (Wildman–Crippen MR) is 481 cm³/mol. The van der Waals surface area contributed by atoms with E-state index in [9.17, 15) is 0 Å². The van der Waals surface area contributed by atoms with Gasteiger partial charge in [0.15, 0.2) is 0 Å². The van der Waals surface area contributed by atoms with Gasteiger partial charge in [0.25, 0.3) is 0 Å². The zero-order valence-electron chi connectivity index (χ0n) is 69.0.